The highest BCUT2D eigenvalue weighted by Crippen LogP contribution is 1.90. The Morgan fingerprint density at radius 3 is 1.45 bits per heavy atom. The van der Waals surface area contributed by atoms with Crippen molar-refractivity contribution in [2.24, 2.45) is 5.92 Å². The Balaban J connectivity index is -0.000000138. The van der Waals surface area contributed by atoms with Gasteiger partial charge in [0.2, 0.25) is 0 Å². The van der Waals surface area contributed by atoms with E-state index < -0.39 is 0 Å². The molecule has 0 aliphatic rings. The van der Waals surface area contributed by atoms with E-state index in [1.54, 1.807) is 0 Å². The Morgan fingerprint density at radius 2 is 1.36 bits per heavy atom. The van der Waals surface area contributed by atoms with E-state index in [4.69, 9.17) is 4.74 Å². The highest BCUT2D eigenvalue weighted by molar-refractivity contribution is 4.36. The van der Waals surface area contributed by atoms with Gasteiger partial charge in [-0.05, 0) is 12.8 Å². The molecular formula is C10H26O. The molecule has 0 bridgehead atoms. The van der Waals surface area contributed by atoms with Gasteiger partial charge in [0.1, 0.15) is 0 Å². The summed E-state index contributed by atoms with van der Waals surface area (Å²) in [6.07, 6.45) is 0. The third-order valence-electron chi connectivity index (χ3n) is 0.655. The monoisotopic (exact) mass is 162 g/mol. The van der Waals surface area contributed by atoms with Crippen LogP contribution in [0.3, 0.4) is 0 Å². The predicted octanol–water partition coefficient (Wildman–Crippen LogP) is 3.73. The first kappa shape index (κ1) is 17.2. The molecule has 0 heterocycles. The van der Waals surface area contributed by atoms with E-state index >= 15 is 0 Å². The summed E-state index contributed by atoms with van der Waals surface area (Å²) in [4.78, 5) is 0. The fourth-order valence-corrected chi connectivity index (χ4v) is 0.354. The summed E-state index contributed by atoms with van der Waals surface area (Å²) in [5, 5.41) is 0. The number of ether oxygens (including phenoxy) is 1. The molecule has 1 heteroatoms. The fourth-order valence-electron chi connectivity index (χ4n) is 0.354. The molecule has 0 fully saturated rings. The lowest BCUT2D eigenvalue weighted by molar-refractivity contribution is 0.122. The van der Waals surface area contributed by atoms with Crippen molar-refractivity contribution in [1.82, 2.24) is 0 Å². The number of hydrogen-bond acceptors (Lipinski definition) is 1. The molecule has 0 saturated carbocycles. The van der Waals surface area contributed by atoms with Crippen LogP contribution in [-0.2, 0) is 4.74 Å². The minimum absolute atomic E-state index is 0.681. The lowest BCUT2D eigenvalue weighted by Gasteiger charge is -2.01. The molecule has 1 nitrogen and oxygen atoms in total. The van der Waals surface area contributed by atoms with E-state index in [9.17, 15) is 0 Å². The zero-order valence-corrected chi connectivity index (χ0v) is 9.40. The second-order valence-electron chi connectivity index (χ2n) is 2.05. The Kier molecular flexibility index (Phi) is 35.1. The summed E-state index contributed by atoms with van der Waals surface area (Å²) >= 11 is 0. The van der Waals surface area contributed by atoms with E-state index in [0.29, 0.717) is 5.92 Å². The molecule has 0 aliphatic heterocycles. The van der Waals surface area contributed by atoms with Gasteiger partial charge in [-0.15, -0.1) is 0 Å². The van der Waals surface area contributed by atoms with Crippen molar-refractivity contribution in [3.05, 3.63) is 0 Å². The summed E-state index contributed by atoms with van der Waals surface area (Å²) in [6.45, 7) is 16.1. The van der Waals surface area contributed by atoms with Crippen molar-refractivity contribution >= 4 is 0 Å². The van der Waals surface area contributed by atoms with Crippen LogP contribution in [0.4, 0.5) is 0 Å². The molecule has 11 heavy (non-hydrogen) atoms. The Hall–Kier alpha value is -0.0400. The molecule has 0 radical (unpaired) electrons. The third kappa shape index (κ3) is 40.2. The average Bonchev–Trinajstić information content (AvgIpc) is 2.08. The Bertz CT molecular complexity index is 33.9. The van der Waals surface area contributed by atoms with Crippen LogP contribution in [-0.4, -0.2) is 13.2 Å². The quantitative estimate of drug-likeness (QED) is 0.614. The minimum Gasteiger partial charge on any atom is -0.381 e. The van der Waals surface area contributed by atoms with Gasteiger partial charge in [-0.25, -0.2) is 0 Å². The third-order valence-corrected chi connectivity index (χ3v) is 0.655. The lowest BCUT2D eigenvalue weighted by atomic mass is 10.2. The highest BCUT2D eigenvalue weighted by atomic mass is 16.5. The van der Waals surface area contributed by atoms with Crippen LogP contribution < -0.4 is 0 Å². The maximum Gasteiger partial charge on any atom is 0.0488 e. The normalized spacial score (nSPS) is 7.64. The van der Waals surface area contributed by atoms with Crippen LogP contribution in [0.25, 0.3) is 0 Å². The molecule has 0 aliphatic carbocycles. The van der Waals surface area contributed by atoms with Crippen molar-refractivity contribution in [3.63, 3.8) is 0 Å². The summed E-state index contributed by atoms with van der Waals surface area (Å²) in [6, 6.07) is 0. The second-order valence-corrected chi connectivity index (χ2v) is 2.05. The average molecular weight is 162 g/mol. The summed E-state index contributed by atoms with van der Waals surface area (Å²) < 4.78 is 5.09. The first-order chi connectivity index (χ1) is 5.27. The van der Waals surface area contributed by atoms with Gasteiger partial charge in [-0.1, -0.05) is 41.5 Å². The molecule has 0 N–H and O–H groups in total. The molecule has 0 saturated heterocycles. The molecule has 0 aromatic carbocycles. The standard InChI is InChI=1S/C6H14O.2C2H6/c1-4-7-5-6(2)3;2*1-2/h6H,4-5H2,1-3H3;2*1-2H3. The van der Waals surface area contributed by atoms with Gasteiger partial charge in [-0.2, -0.15) is 0 Å². The van der Waals surface area contributed by atoms with Crippen LogP contribution in [0.5, 0.6) is 0 Å². The van der Waals surface area contributed by atoms with Crippen molar-refractivity contribution in [2.75, 3.05) is 13.2 Å². The first-order valence-electron chi connectivity index (χ1n) is 4.85. The van der Waals surface area contributed by atoms with Crippen molar-refractivity contribution < 1.29 is 4.74 Å². The van der Waals surface area contributed by atoms with Crippen molar-refractivity contribution in [3.8, 4) is 0 Å². The maximum atomic E-state index is 5.09. The van der Waals surface area contributed by atoms with Gasteiger partial charge in [-0.3, -0.25) is 0 Å². The van der Waals surface area contributed by atoms with E-state index in [1.807, 2.05) is 34.6 Å². The molecule has 0 rings (SSSR count). The SMILES string of the molecule is CC.CC.CCOCC(C)C. The number of hydrogen-bond donors (Lipinski definition) is 0. The van der Waals surface area contributed by atoms with Crippen LogP contribution in [0.2, 0.25) is 0 Å². The fraction of sp³-hybridized carbons (Fsp3) is 1.00. The lowest BCUT2D eigenvalue weighted by Crippen LogP contribution is -2.00. The Labute approximate surface area is 73.1 Å². The zero-order valence-electron chi connectivity index (χ0n) is 9.40. The van der Waals surface area contributed by atoms with E-state index in [1.165, 1.54) is 0 Å². The molecule has 0 aromatic heterocycles. The topological polar surface area (TPSA) is 9.23 Å². The molecule has 0 atom stereocenters. The van der Waals surface area contributed by atoms with Crippen LogP contribution in [0.15, 0.2) is 0 Å². The predicted molar refractivity (Wildman–Crippen MR) is 54.0 cm³/mol. The van der Waals surface area contributed by atoms with Gasteiger partial charge in [0, 0.05) is 13.2 Å². The van der Waals surface area contributed by atoms with Gasteiger partial charge in [0.15, 0.2) is 0 Å². The molecule has 0 aromatic rings. The van der Waals surface area contributed by atoms with Crippen LogP contribution in [0.1, 0.15) is 48.5 Å². The molecule has 72 valence electrons. The van der Waals surface area contributed by atoms with Crippen molar-refractivity contribution in [1.29, 1.82) is 0 Å². The molecule has 0 unspecified atom stereocenters. The molecule has 0 amide bonds. The van der Waals surface area contributed by atoms with E-state index in [2.05, 4.69) is 13.8 Å². The maximum absolute atomic E-state index is 5.09. The highest BCUT2D eigenvalue weighted by Gasteiger charge is 1.88. The van der Waals surface area contributed by atoms with E-state index in [-0.39, 0.29) is 0 Å². The van der Waals surface area contributed by atoms with Crippen LogP contribution >= 0.6 is 0 Å². The van der Waals surface area contributed by atoms with Gasteiger partial charge in [0.25, 0.3) is 0 Å². The van der Waals surface area contributed by atoms with Gasteiger partial charge >= 0.3 is 0 Å². The van der Waals surface area contributed by atoms with Gasteiger partial charge in [0.05, 0.1) is 0 Å². The van der Waals surface area contributed by atoms with E-state index in [0.717, 1.165) is 13.2 Å². The molecular weight excluding hydrogens is 136 g/mol. The zero-order chi connectivity index (χ0) is 9.70. The van der Waals surface area contributed by atoms with Gasteiger partial charge < -0.3 is 4.74 Å². The second kappa shape index (κ2) is 22.5. The largest absolute Gasteiger partial charge is 0.381 e. The summed E-state index contributed by atoms with van der Waals surface area (Å²) in [5.41, 5.74) is 0. The Morgan fingerprint density at radius 1 is 1.00 bits per heavy atom. The minimum atomic E-state index is 0.681. The summed E-state index contributed by atoms with van der Waals surface area (Å²) in [7, 11) is 0. The molecule has 0 spiro atoms. The smallest absolute Gasteiger partial charge is 0.0488 e. The first-order valence-corrected chi connectivity index (χ1v) is 4.85. The number of rotatable bonds is 3. The summed E-state index contributed by atoms with van der Waals surface area (Å²) in [5.74, 6) is 0.681. The van der Waals surface area contributed by atoms with Crippen molar-refractivity contribution in [2.45, 2.75) is 48.5 Å². The van der Waals surface area contributed by atoms with Crippen LogP contribution in [0, 0.1) is 5.92 Å².